The van der Waals surface area contributed by atoms with Crippen molar-refractivity contribution in [3.63, 3.8) is 0 Å². The monoisotopic (exact) mass is 199 g/mol. The Labute approximate surface area is 88.6 Å². The van der Waals surface area contributed by atoms with Crippen LogP contribution in [0.2, 0.25) is 0 Å². The number of hydrogen-bond donors (Lipinski definition) is 0. The van der Waals surface area contributed by atoms with Gasteiger partial charge in [0.05, 0.1) is 6.61 Å². The maximum atomic E-state index is 5.64. The summed E-state index contributed by atoms with van der Waals surface area (Å²) in [6.07, 6.45) is 6.62. The van der Waals surface area contributed by atoms with Gasteiger partial charge < -0.3 is 9.64 Å². The number of hydrogen-bond acceptors (Lipinski definition) is 2. The van der Waals surface area contributed by atoms with Crippen LogP contribution in [0, 0.1) is 5.92 Å². The zero-order valence-corrected chi connectivity index (χ0v) is 9.80. The fourth-order valence-electron chi connectivity index (χ4n) is 2.21. The molecular formula is C12H25NO. The van der Waals surface area contributed by atoms with Crippen molar-refractivity contribution < 1.29 is 4.74 Å². The zero-order valence-electron chi connectivity index (χ0n) is 9.80. The molecule has 0 aromatic heterocycles. The highest BCUT2D eigenvalue weighted by atomic mass is 16.5. The summed E-state index contributed by atoms with van der Waals surface area (Å²) < 4.78 is 5.64. The highest BCUT2D eigenvalue weighted by Gasteiger charge is 2.13. The van der Waals surface area contributed by atoms with Crippen molar-refractivity contribution in [3.8, 4) is 0 Å². The average Bonchev–Trinajstić information content (AvgIpc) is 2.10. The zero-order chi connectivity index (χ0) is 10.2. The molecule has 0 aromatic carbocycles. The lowest BCUT2D eigenvalue weighted by Gasteiger charge is -2.25. The maximum Gasteiger partial charge on any atom is 0.0506 e. The molecule has 1 aliphatic rings. The first-order valence-electron chi connectivity index (χ1n) is 6.09. The Morgan fingerprint density at radius 3 is 2.93 bits per heavy atom. The van der Waals surface area contributed by atoms with E-state index in [0.29, 0.717) is 0 Å². The molecule has 0 aromatic rings. The Morgan fingerprint density at radius 1 is 1.29 bits per heavy atom. The van der Waals surface area contributed by atoms with Crippen molar-refractivity contribution in [2.24, 2.45) is 5.92 Å². The second kappa shape index (κ2) is 7.24. The second-order valence-electron chi connectivity index (χ2n) is 4.55. The van der Waals surface area contributed by atoms with Gasteiger partial charge in [0, 0.05) is 13.2 Å². The Hall–Kier alpha value is -0.0800. The predicted molar refractivity (Wildman–Crippen MR) is 60.6 cm³/mol. The van der Waals surface area contributed by atoms with Gasteiger partial charge in [0.2, 0.25) is 0 Å². The molecule has 84 valence electrons. The Bertz CT molecular complexity index is 130. The van der Waals surface area contributed by atoms with Crippen LogP contribution in [0.5, 0.6) is 0 Å². The maximum absolute atomic E-state index is 5.64. The minimum absolute atomic E-state index is 0.770. The normalized spacial score (nSPS) is 24.6. The summed E-state index contributed by atoms with van der Waals surface area (Å²) in [5.74, 6) is 0.770. The molecule has 1 rings (SSSR count). The number of ether oxygens (including phenoxy) is 1. The number of rotatable bonds is 4. The minimum atomic E-state index is 0.770. The summed E-state index contributed by atoms with van der Waals surface area (Å²) in [7, 11) is 2.22. The lowest BCUT2D eigenvalue weighted by molar-refractivity contribution is 0.0677. The van der Waals surface area contributed by atoms with Crippen molar-refractivity contribution in [1.29, 1.82) is 0 Å². The third kappa shape index (κ3) is 4.97. The van der Waals surface area contributed by atoms with E-state index in [4.69, 9.17) is 4.74 Å². The van der Waals surface area contributed by atoms with E-state index in [9.17, 15) is 0 Å². The van der Waals surface area contributed by atoms with Crippen LogP contribution >= 0.6 is 0 Å². The standard InChI is InChI=1S/C12H25NO/c1-3-8-13(2)10-12-7-5-4-6-9-14-11-12/h12H,3-11H2,1-2H3. The Kier molecular flexibility index (Phi) is 6.20. The molecule has 0 N–H and O–H groups in total. The van der Waals surface area contributed by atoms with Crippen molar-refractivity contribution >= 4 is 0 Å². The van der Waals surface area contributed by atoms with Gasteiger partial charge in [0.1, 0.15) is 0 Å². The van der Waals surface area contributed by atoms with Crippen LogP contribution in [-0.4, -0.2) is 38.3 Å². The van der Waals surface area contributed by atoms with Gasteiger partial charge in [0.25, 0.3) is 0 Å². The fraction of sp³-hybridized carbons (Fsp3) is 1.00. The average molecular weight is 199 g/mol. The van der Waals surface area contributed by atoms with Crippen LogP contribution in [0.1, 0.15) is 39.0 Å². The van der Waals surface area contributed by atoms with Crippen LogP contribution in [-0.2, 0) is 4.74 Å². The molecule has 0 bridgehead atoms. The van der Waals surface area contributed by atoms with Gasteiger partial charge in [-0.05, 0) is 38.8 Å². The SMILES string of the molecule is CCCN(C)CC1CCCCCOC1. The fourth-order valence-corrected chi connectivity index (χ4v) is 2.21. The molecular weight excluding hydrogens is 174 g/mol. The van der Waals surface area contributed by atoms with E-state index in [-0.39, 0.29) is 0 Å². The van der Waals surface area contributed by atoms with Crippen LogP contribution in [0.25, 0.3) is 0 Å². The topological polar surface area (TPSA) is 12.5 Å². The molecule has 14 heavy (non-hydrogen) atoms. The highest BCUT2D eigenvalue weighted by molar-refractivity contribution is 4.65. The first-order chi connectivity index (χ1) is 6.83. The molecule has 1 atom stereocenters. The molecule has 0 saturated carbocycles. The van der Waals surface area contributed by atoms with E-state index in [2.05, 4.69) is 18.9 Å². The summed E-state index contributed by atoms with van der Waals surface area (Å²) in [6.45, 7) is 6.64. The molecule has 1 unspecified atom stereocenters. The predicted octanol–water partition coefficient (Wildman–Crippen LogP) is 2.54. The van der Waals surface area contributed by atoms with E-state index in [0.717, 1.165) is 19.1 Å². The largest absolute Gasteiger partial charge is 0.381 e. The molecule has 1 heterocycles. The van der Waals surface area contributed by atoms with Crippen LogP contribution in [0.15, 0.2) is 0 Å². The first kappa shape index (κ1) is 12.0. The molecule has 1 aliphatic heterocycles. The molecule has 0 radical (unpaired) electrons. The summed E-state index contributed by atoms with van der Waals surface area (Å²) >= 11 is 0. The molecule has 0 amide bonds. The third-order valence-electron chi connectivity index (χ3n) is 2.93. The Morgan fingerprint density at radius 2 is 2.14 bits per heavy atom. The van der Waals surface area contributed by atoms with Gasteiger partial charge in [-0.15, -0.1) is 0 Å². The van der Waals surface area contributed by atoms with E-state index in [1.165, 1.54) is 45.2 Å². The smallest absolute Gasteiger partial charge is 0.0506 e. The van der Waals surface area contributed by atoms with Crippen LogP contribution in [0.3, 0.4) is 0 Å². The number of nitrogens with zero attached hydrogens (tertiary/aromatic N) is 1. The summed E-state index contributed by atoms with van der Waals surface area (Å²) in [4.78, 5) is 2.44. The van der Waals surface area contributed by atoms with Crippen molar-refractivity contribution in [3.05, 3.63) is 0 Å². The van der Waals surface area contributed by atoms with Gasteiger partial charge in [-0.25, -0.2) is 0 Å². The molecule has 2 heteroatoms. The third-order valence-corrected chi connectivity index (χ3v) is 2.93. The highest BCUT2D eigenvalue weighted by Crippen LogP contribution is 2.15. The van der Waals surface area contributed by atoms with Crippen molar-refractivity contribution in [2.75, 3.05) is 33.4 Å². The first-order valence-corrected chi connectivity index (χ1v) is 6.09. The van der Waals surface area contributed by atoms with E-state index >= 15 is 0 Å². The summed E-state index contributed by atoms with van der Waals surface area (Å²) in [6, 6.07) is 0. The van der Waals surface area contributed by atoms with Gasteiger partial charge in [-0.1, -0.05) is 19.8 Å². The Balaban J connectivity index is 2.19. The van der Waals surface area contributed by atoms with E-state index in [1.807, 2.05) is 0 Å². The molecule has 0 aliphatic carbocycles. The van der Waals surface area contributed by atoms with Gasteiger partial charge in [0.15, 0.2) is 0 Å². The molecule has 1 saturated heterocycles. The van der Waals surface area contributed by atoms with Gasteiger partial charge >= 0.3 is 0 Å². The molecule has 0 spiro atoms. The van der Waals surface area contributed by atoms with E-state index < -0.39 is 0 Å². The molecule has 1 fully saturated rings. The minimum Gasteiger partial charge on any atom is -0.381 e. The lowest BCUT2D eigenvalue weighted by atomic mass is 10.0. The summed E-state index contributed by atoms with van der Waals surface area (Å²) in [5, 5.41) is 0. The second-order valence-corrected chi connectivity index (χ2v) is 4.55. The van der Waals surface area contributed by atoms with Crippen LogP contribution < -0.4 is 0 Å². The van der Waals surface area contributed by atoms with Gasteiger partial charge in [-0.2, -0.15) is 0 Å². The summed E-state index contributed by atoms with van der Waals surface area (Å²) in [5.41, 5.74) is 0. The quantitative estimate of drug-likeness (QED) is 0.690. The van der Waals surface area contributed by atoms with Crippen molar-refractivity contribution in [1.82, 2.24) is 4.90 Å². The van der Waals surface area contributed by atoms with E-state index in [1.54, 1.807) is 0 Å². The van der Waals surface area contributed by atoms with Crippen molar-refractivity contribution in [2.45, 2.75) is 39.0 Å². The molecule has 2 nitrogen and oxygen atoms in total. The lowest BCUT2D eigenvalue weighted by Crippen LogP contribution is -2.29. The van der Waals surface area contributed by atoms with Crippen LogP contribution in [0.4, 0.5) is 0 Å². The van der Waals surface area contributed by atoms with Gasteiger partial charge in [-0.3, -0.25) is 0 Å².